The van der Waals surface area contributed by atoms with Gasteiger partial charge in [0.25, 0.3) is 5.91 Å². The summed E-state index contributed by atoms with van der Waals surface area (Å²) in [4.78, 5) is 11.3. The molecule has 1 rings (SSSR count). The predicted molar refractivity (Wildman–Crippen MR) is 69.3 cm³/mol. The Hall–Kier alpha value is -1.51. The van der Waals surface area contributed by atoms with Gasteiger partial charge in [0.2, 0.25) is 0 Å². The van der Waals surface area contributed by atoms with E-state index in [1.165, 1.54) is 5.56 Å². The Morgan fingerprint density at radius 2 is 2.18 bits per heavy atom. The molecule has 1 amide bonds. The van der Waals surface area contributed by atoms with Crippen molar-refractivity contribution in [2.24, 2.45) is 0 Å². The Morgan fingerprint density at radius 1 is 1.41 bits per heavy atom. The molecule has 0 aliphatic rings. The zero-order chi connectivity index (χ0) is 12.7. The molecule has 0 radical (unpaired) electrons. The summed E-state index contributed by atoms with van der Waals surface area (Å²) in [6.45, 7) is 6.95. The van der Waals surface area contributed by atoms with Gasteiger partial charge >= 0.3 is 0 Å². The number of carbonyl (C=O) groups excluding carboxylic acids is 1. The highest BCUT2D eigenvalue weighted by molar-refractivity contribution is 5.77. The summed E-state index contributed by atoms with van der Waals surface area (Å²) >= 11 is 0. The van der Waals surface area contributed by atoms with E-state index in [0.29, 0.717) is 12.5 Å². The molecule has 0 aromatic heterocycles. The normalized spacial score (nSPS) is 11.9. The number of hydrogen-bond donors (Lipinski definition) is 1. The van der Waals surface area contributed by atoms with Crippen molar-refractivity contribution in [1.29, 1.82) is 0 Å². The minimum atomic E-state index is -0.0820. The topological polar surface area (TPSA) is 38.3 Å². The van der Waals surface area contributed by atoms with Gasteiger partial charge in [0.05, 0.1) is 0 Å². The van der Waals surface area contributed by atoms with Crippen LogP contribution in [0.5, 0.6) is 5.75 Å². The van der Waals surface area contributed by atoms with E-state index in [1.54, 1.807) is 0 Å². The maximum Gasteiger partial charge on any atom is 0.257 e. The van der Waals surface area contributed by atoms with Gasteiger partial charge in [-0.05, 0) is 37.0 Å². The number of likely N-dealkylation sites (N-methyl/N-ethyl adjacent to an activating group) is 1. The molecule has 17 heavy (non-hydrogen) atoms. The average molecular weight is 235 g/mol. The molecule has 1 N–H and O–H groups in total. The van der Waals surface area contributed by atoms with E-state index in [4.69, 9.17) is 4.74 Å². The second-order valence-electron chi connectivity index (χ2n) is 4.12. The molecule has 1 aromatic rings. The number of benzene rings is 1. The molecule has 0 aliphatic carbocycles. The molecule has 0 saturated carbocycles. The lowest BCUT2D eigenvalue weighted by molar-refractivity contribution is -0.122. The largest absolute Gasteiger partial charge is 0.484 e. The number of amides is 1. The van der Waals surface area contributed by atoms with E-state index in [1.807, 2.05) is 25.1 Å². The molecule has 0 aliphatic heterocycles. The molecule has 1 aromatic carbocycles. The van der Waals surface area contributed by atoms with Crippen molar-refractivity contribution in [2.45, 2.75) is 33.1 Å². The lowest BCUT2D eigenvalue weighted by atomic mass is 9.99. The van der Waals surface area contributed by atoms with E-state index in [-0.39, 0.29) is 12.5 Å². The van der Waals surface area contributed by atoms with Crippen molar-refractivity contribution >= 4 is 5.91 Å². The fraction of sp³-hybridized carbons (Fsp3) is 0.500. The van der Waals surface area contributed by atoms with Crippen LogP contribution in [0.15, 0.2) is 24.3 Å². The number of nitrogens with one attached hydrogen (secondary N) is 1. The minimum absolute atomic E-state index is 0.0812. The fourth-order valence-electron chi connectivity index (χ4n) is 1.54. The summed E-state index contributed by atoms with van der Waals surface area (Å²) in [6.07, 6.45) is 1.10. The van der Waals surface area contributed by atoms with Crippen molar-refractivity contribution in [2.75, 3.05) is 13.2 Å². The molecule has 1 atom stereocenters. The van der Waals surface area contributed by atoms with E-state index in [9.17, 15) is 4.79 Å². The van der Waals surface area contributed by atoms with Crippen molar-refractivity contribution in [1.82, 2.24) is 5.32 Å². The Morgan fingerprint density at radius 3 is 2.82 bits per heavy atom. The molecule has 0 spiro atoms. The van der Waals surface area contributed by atoms with Gasteiger partial charge in [0, 0.05) is 6.54 Å². The predicted octanol–water partition coefficient (Wildman–Crippen LogP) is 2.72. The molecule has 3 heteroatoms. The summed E-state index contributed by atoms with van der Waals surface area (Å²) in [5.74, 6) is 1.19. The van der Waals surface area contributed by atoms with Crippen LogP contribution in [0.25, 0.3) is 0 Å². The smallest absolute Gasteiger partial charge is 0.257 e. The highest BCUT2D eigenvalue weighted by Crippen LogP contribution is 2.22. The molecule has 0 saturated heterocycles. The number of ether oxygens (including phenoxy) is 1. The van der Waals surface area contributed by atoms with Gasteiger partial charge in [-0.1, -0.05) is 26.0 Å². The molecule has 0 heterocycles. The Labute approximate surface area is 103 Å². The Bertz CT molecular complexity index is 363. The van der Waals surface area contributed by atoms with Crippen LogP contribution in [0.4, 0.5) is 0 Å². The van der Waals surface area contributed by atoms with Crippen LogP contribution < -0.4 is 10.1 Å². The third kappa shape index (κ3) is 4.47. The van der Waals surface area contributed by atoms with Crippen LogP contribution in [-0.4, -0.2) is 19.1 Å². The lowest BCUT2D eigenvalue weighted by Gasteiger charge is -2.11. The minimum Gasteiger partial charge on any atom is -0.484 e. The molecular weight excluding hydrogens is 214 g/mol. The maximum atomic E-state index is 11.3. The fourth-order valence-corrected chi connectivity index (χ4v) is 1.54. The van der Waals surface area contributed by atoms with Crippen molar-refractivity contribution in [3.05, 3.63) is 29.8 Å². The Balaban J connectivity index is 2.57. The summed E-state index contributed by atoms with van der Waals surface area (Å²) < 4.78 is 5.44. The highest BCUT2D eigenvalue weighted by atomic mass is 16.5. The van der Waals surface area contributed by atoms with Crippen molar-refractivity contribution in [3.63, 3.8) is 0 Å². The van der Waals surface area contributed by atoms with Gasteiger partial charge in [-0.3, -0.25) is 4.79 Å². The van der Waals surface area contributed by atoms with Crippen LogP contribution in [-0.2, 0) is 4.79 Å². The molecule has 0 bridgehead atoms. The third-order valence-corrected chi connectivity index (χ3v) is 2.78. The van der Waals surface area contributed by atoms with E-state index in [0.717, 1.165) is 12.2 Å². The molecule has 94 valence electrons. The lowest BCUT2D eigenvalue weighted by Crippen LogP contribution is -2.28. The van der Waals surface area contributed by atoms with Crippen LogP contribution in [0.2, 0.25) is 0 Å². The third-order valence-electron chi connectivity index (χ3n) is 2.78. The van der Waals surface area contributed by atoms with Gasteiger partial charge in [-0.2, -0.15) is 0 Å². The van der Waals surface area contributed by atoms with Crippen molar-refractivity contribution in [3.8, 4) is 5.75 Å². The van der Waals surface area contributed by atoms with Gasteiger partial charge in [0.1, 0.15) is 5.75 Å². The monoisotopic (exact) mass is 235 g/mol. The van der Waals surface area contributed by atoms with Crippen LogP contribution in [0, 0.1) is 0 Å². The molecule has 0 fully saturated rings. The van der Waals surface area contributed by atoms with Crippen molar-refractivity contribution < 1.29 is 9.53 Å². The van der Waals surface area contributed by atoms with Crippen LogP contribution in [0.3, 0.4) is 0 Å². The first-order chi connectivity index (χ1) is 8.17. The van der Waals surface area contributed by atoms with Crippen LogP contribution in [0.1, 0.15) is 38.7 Å². The first-order valence-corrected chi connectivity index (χ1v) is 6.16. The Kier molecular flexibility index (Phi) is 5.53. The zero-order valence-corrected chi connectivity index (χ0v) is 10.8. The zero-order valence-electron chi connectivity index (χ0n) is 10.8. The van der Waals surface area contributed by atoms with Gasteiger partial charge in [-0.25, -0.2) is 0 Å². The summed E-state index contributed by atoms with van der Waals surface area (Å²) in [7, 11) is 0. The standard InChI is InChI=1S/C14H21NO2/c1-4-11(3)12-7-6-8-13(9-12)17-10-14(16)15-5-2/h6-9,11H,4-5,10H2,1-3H3,(H,15,16). The quantitative estimate of drug-likeness (QED) is 0.823. The molecule has 1 unspecified atom stereocenters. The molecule has 3 nitrogen and oxygen atoms in total. The number of hydrogen-bond acceptors (Lipinski definition) is 2. The SMILES string of the molecule is CCNC(=O)COc1cccc(C(C)CC)c1. The van der Waals surface area contributed by atoms with Gasteiger partial charge < -0.3 is 10.1 Å². The maximum absolute atomic E-state index is 11.3. The van der Waals surface area contributed by atoms with E-state index < -0.39 is 0 Å². The van der Waals surface area contributed by atoms with Crippen LogP contribution >= 0.6 is 0 Å². The number of rotatable bonds is 6. The average Bonchev–Trinajstić information content (AvgIpc) is 2.36. The van der Waals surface area contributed by atoms with Gasteiger partial charge in [0.15, 0.2) is 6.61 Å². The van der Waals surface area contributed by atoms with E-state index >= 15 is 0 Å². The molecular formula is C14H21NO2. The highest BCUT2D eigenvalue weighted by Gasteiger charge is 2.05. The van der Waals surface area contributed by atoms with Gasteiger partial charge in [-0.15, -0.1) is 0 Å². The second kappa shape index (κ2) is 6.94. The summed E-state index contributed by atoms with van der Waals surface area (Å²) in [5.41, 5.74) is 1.25. The second-order valence-corrected chi connectivity index (χ2v) is 4.12. The summed E-state index contributed by atoms with van der Waals surface area (Å²) in [6, 6.07) is 7.94. The summed E-state index contributed by atoms with van der Waals surface area (Å²) in [5, 5.41) is 2.70. The first kappa shape index (κ1) is 13.6. The number of carbonyl (C=O) groups is 1. The first-order valence-electron chi connectivity index (χ1n) is 6.16. The van der Waals surface area contributed by atoms with E-state index in [2.05, 4.69) is 25.2 Å².